The van der Waals surface area contributed by atoms with Crippen molar-refractivity contribution in [3.63, 3.8) is 0 Å². The molecule has 0 aliphatic carbocycles. The number of nitro benzene ring substituents is 1. The predicted molar refractivity (Wildman–Crippen MR) is 199 cm³/mol. The second kappa shape index (κ2) is 28.5. The Balaban J connectivity index is 0.000000970. The number of hydrogen-bond acceptors (Lipinski definition) is 9. The first-order valence-corrected chi connectivity index (χ1v) is 17.6. The quantitative estimate of drug-likeness (QED) is 0.0273. The molecule has 0 saturated heterocycles. The minimum Gasteiger partial charge on any atom is -0.394 e. The number of rotatable bonds is 24. The number of benzene rings is 1. The molecule has 8 N–H and O–H groups in total. The van der Waals surface area contributed by atoms with E-state index >= 15 is 0 Å². The van der Waals surface area contributed by atoms with Crippen LogP contribution in [0, 0.1) is 10.1 Å². The Morgan fingerprint density at radius 3 is 1.98 bits per heavy atom. The second-order valence-corrected chi connectivity index (χ2v) is 13.1. The van der Waals surface area contributed by atoms with Crippen LogP contribution < -0.4 is 22.1 Å². The maximum atomic E-state index is 11.3. The van der Waals surface area contributed by atoms with E-state index in [2.05, 4.69) is 61.5 Å². The van der Waals surface area contributed by atoms with Crippen LogP contribution in [-0.2, 0) is 4.79 Å². The molecule has 0 unspecified atom stereocenters. The molecule has 13 heteroatoms. The molecule has 2 atom stereocenters. The number of aliphatic hydroxyl groups excluding tert-OH is 2. The minimum absolute atomic E-state index is 0.132. The lowest BCUT2D eigenvalue weighted by Gasteiger charge is -2.22. The summed E-state index contributed by atoms with van der Waals surface area (Å²) in [6.45, 7) is 15.2. The van der Waals surface area contributed by atoms with E-state index in [1.807, 2.05) is 0 Å². The summed E-state index contributed by atoms with van der Waals surface area (Å²) in [6, 6.07) is 4.05. The van der Waals surface area contributed by atoms with Crippen molar-refractivity contribution in [2.75, 3.05) is 52.4 Å². The lowest BCUT2D eigenvalue weighted by atomic mass is 10.0. The minimum atomic E-state index is -1.33. The van der Waals surface area contributed by atoms with E-state index in [-0.39, 0.29) is 5.69 Å². The van der Waals surface area contributed by atoms with Crippen LogP contribution >= 0.6 is 23.2 Å². The van der Waals surface area contributed by atoms with Crippen LogP contribution in [0.25, 0.3) is 0 Å². The third-order valence-corrected chi connectivity index (χ3v) is 7.85. The molecular formula is C35H60Cl2N6O5. The lowest BCUT2D eigenvalue weighted by molar-refractivity contribution is -0.384. The van der Waals surface area contributed by atoms with Gasteiger partial charge in [-0.05, 0) is 130 Å². The summed E-state index contributed by atoms with van der Waals surface area (Å²) >= 11 is 10.7. The number of halogens is 2. The average Bonchev–Trinajstić information content (AvgIpc) is 3.05. The van der Waals surface area contributed by atoms with Crippen LogP contribution in [0.5, 0.6) is 0 Å². The number of amides is 1. The van der Waals surface area contributed by atoms with Gasteiger partial charge in [-0.1, -0.05) is 58.1 Å². The smallest absolute Gasteiger partial charge is 0.269 e. The Hall–Kier alpha value is -2.35. The number of carbonyl (C=O) groups is 1. The molecule has 1 aromatic carbocycles. The Bertz CT molecular complexity index is 1100. The van der Waals surface area contributed by atoms with Gasteiger partial charge < -0.3 is 37.2 Å². The van der Waals surface area contributed by atoms with Gasteiger partial charge in [0.25, 0.3) is 11.6 Å². The molecule has 0 radical (unpaired) electrons. The van der Waals surface area contributed by atoms with Gasteiger partial charge in [-0.25, -0.2) is 0 Å². The fourth-order valence-corrected chi connectivity index (χ4v) is 4.70. The van der Waals surface area contributed by atoms with E-state index in [0.29, 0.717) is 5.56 Å². The highest BCUT2D eigenvalue weighted by atomic mass is 35.5. The van der Waals surface area contributed by atoms with E-state index in [4.69, 9.17) is 39.8 Å². The number of nitrogens with two attached hydrogens (primary N) is 2. The zero-order valence-corrected chi connectivity index (χ0v) is 30.8. The molecule has 1 aromatic rings. The van der Waals surface area contributed by atoms with Crippen molar-refractivity contribution in [1.82, 2.24) is 15.5 Å². The highest BCUT2D eigenvalue weighted by Crippen LogP contribution is 2.21. The molecule has 0 aliphatic heterocycles. The van der Waals surface area contributed by atoms with Gasteiger partial charge >= 0.3 is 0 Å². The Morgan fingerprint density at radius 1 is 0.938 bits per heavy atom. The number of hydrogen-bond donors (Lipinski definition) is 6. The number of carbonyl (C=O) groups excluding carboxylic acids is 1. The molecule has 0 spiro atoms. The standard InChI is InChI=1S/C24H48N4.C11H12Cl2N2O5/c1-22(2)10-5-11-23(3)12-6-13-24(4)14-18-27-17-9-21-28(19-7-15-25)20-8-16-26;12-10(13)11(18)14-8(5-16)9(17)6-1-3-7(4-2-6)15(19)20/h10,12,14,27H,5-9,11,13,15-21,25-26H2,1-4H3;1-4,8-10,16-17H,5H2,(H,14,18)/b23-12+,24-14+;/t;8-,9-/m.1/s1. The SMILES string of the molecule is CC(C)=CCC/C(C)=C/CC/C(C)=C/CNCCCN(CCCN)CCCN.O=C(N[C@H](CO)[C@H](O)c1ccc([N+](=O)[O-])cc1)C(Cl)Cl. The molecule has 0 heterocycles. The Morgan fingerprint density at radius 2 is 1.48 bits per heavy atom. The molecule has 1 amide bonds. The fourth-order valence-electron chi connectivity index (χ4n) is 4.58. The van der Waals surface area contributed by atoms with Gasteiger partial charge in [0.15, 0.2) is 4.84 Å². The van der Waals surface area contributed by atoms with Gasteiger partial charge in [-0.15, -0.1) is 0 Å². The summed E-state index contributed by atoms with van der Waals surface area (Å²) in [5.74, 6) is -0.756. The molecule has 48 heavy (non-hydrogen) atoms. The second-order valence-electron chi connectivity index (χ2n) is 12.0. The molecule has 0 aliphatic rings. The van der Waals surface area contributed by atoms with Gasteiger partial charge in [-0.2, -0.15) is 0 Å². The summed E-state index contributed by atoms with van der Waals surface area (Å²) in [6.07, 6.45) is 13.8. The van der Waals surface area contributed by atoms with E-state index in [1.54, 1.807) is 0 Å². The van der Waals surface area contributed by atoms with E-state index < -0.39 is 34.4 Å². The first-order chi connectivity index (χ1) is 22.9. The van der Waals surface area contributed by atoms with Gasteiger partial charge in [0.2, 0.25) is 0 Å². The maximum absolute atomic E-state index is 11.3. The van der Waals surface area contributed by atoms with Crippen molar-refractivity contribution >= 4 is 34.8 Å². The van der Waals surface area contributed by atoms with Crippen LogP contribution in [0.15, 0.2) is 59.2 Å². The largest absolute Gasteiger partial charge is 0.394 e. The molecule has 0 fully saturated rings. The Kier molecular flexibility index (Phi) is 27.1. The summed E-state index contributed by atoms with van der Waals surface area (Å²) < 4.78 is 0. The van der Waals surface area contributed by atoms with Crippen molar-refractivity contribution in [1.29, 1.82) is 0 Å². The van der Waals surface area contributed by atoms with Crippen molar-refractivity contribution in [3.05, 3.63) is 74.9 Å². The molecule has 274 valence electrons. The number of nitrogens with one attached hydrogen (secondary N) is 2. The monoisotopic (exact) mass is 714 g/mol. The first kappa shape index (κ1) is 45.6. The first-order valence-electron chi connectivity index (χ1n) is 16.8. The predicted octanol–water partition coefficient (Wildman–Crippen LogP) is 5.29. The van der Waals surface area contributed by atoms with Gasteiger partial charge in [0.05, 0.1) is 17.6 Å². The van der Waals surface area contributed by atoms with Gasteiger partial charge in [0.1, 0.15) is 6.10 Å². The molecular weight excluding hydrogens is 655 g/mol. The van der Waals surface area contributed by atoms with Crippen LogP contribution in [0.1, 0.15) is 84.3 Å². The molecule has 0 saturated carbocycles. The summed E-state index contributed by atoms with van der Waals surface area (Å²) in [5, 5.41) is 35.5. The molecule has 11 nitrogen and oxygen atoms in total. The third-order valence-electron chi connectivity index (χ3n) is 7.45. The molecule has 0 bridgehead atoms. The van der Waals surface area contributed by atoms with Gasteiger partial charge in [-0.3, -0.25) is 14.9 Å². The lowest BCUT2D eigenvalue weighted by Crippen LogP contribution is -2.44. The van der Waals surface area contributed by atoms with Crippen molar-refractivity contribution in [2.24, 2.45) is 11.5 Å². The zero-order chi connectivity index (χ0) is 36.3. The highest BCUT2D eigenvalue weighted by molar-refractivity contribution is 6.53. The fraction of sp³-hybridized carbons (Fsp3) is 0.629. The zero-order valence-electron chi connectivity index (χ0n) is 29.3. The highest BCUT2D eigenvalue weighted by Gasteiger charge is 2.24. The van der Waals surface area contributed by atoms with Crippen molar-refractivity contribution in [2.45, 2.75) is 89.6 Å². The van der Waals surface area contributed by atoms with E-state index in [0.717, 1.165) is 71.5 Å². The van der Waals surface area contributed by atoms with Gasteiger partial charge in [0, 0.05) is 18.7 Å². The number of alkyl halides is 2. The Labute approximate surface area is 298 Å². The van der Waals surface area contributed by atoms with Crippen LogP contribution in [0.3, 0.4) is 0 Å². The molecule has 1 rings (SSSR count). The average molecular weight is 716 g/mol. The summed E-state index contributed by atoms with van der Waals surface area (Å²) in [7, 11) is 0. The topological polar surface area (TPSA) is 180 Å². The summed E-state index contributed by atoms with van der Waals surface area (Å²) in [5.41, 5.74) is 15.8. The van der Waals surface area contributed by atoms with E-state index in [1.165, 1.54) is 60.2 Å². The van der Waals surface area contributed by atoms with Crippen LogP contribution in [0.4, 0.5) is 5.69 Å². The number of aliphatic hydroxyl groups is 2. The third kappa shape index (κ3) is 23.1. The number of nitro groups is 1. The van der Waals surface area contributed by atoms with E-state index in [9.17, 15) is 20.0 Å². The maximum Gasteiger partial charge on any atom is 0.269 e. The van der Waals surface area contributed by atoms with Crippen molar-refractivity contribution in [3.8, 4) is 0 Å². The number of nitrogens with zero attached hydrogens (tertiary/aromatic N) is 2. The molecule has 0 aromatic heterocycles. The summed E-state index contributed by atoms with van der Waals surface area (Å²) in [4.78, 5) is 22.4. The van der Waals surface area contributed by atoms with Crippen LogP contribution in [0.2, 0.25) is 0 Å². The normalized spacial score (nSPS) is 13.2. The number of non-ortho nitro benzene ring substituents is 1. The van der Waals surface area contributed by atoms with Crippen LogP contribution in [-0.4, -0.2) is 89.2 Å². The van der Waals surface area contributed by atoms with Crippen molar-refractivity contribution < 1.29 is 19.9 Å². The number of allylic oxidation sites excluding steroid dienone is 5.